The minimum Gasteiger partial charge on any atom is -0.497 e. The van der Waals surface area contributed by atoms with Crippen LogP contribution >= 0.6 is 11.3 Å². The lowest BCUT2D eigenvalue weighted by molar-refractivity contribution is 0.394. The van der Waals surface area contributed by atoms with Crippen LogP contribution in [0.1, 0.15) is 12.2 Å². The van der Waals surface area contributed by atoms with Gasteiger partial charge >= 0.3 is 0 Å². The lowest BCUT2D eigenvalue weighted by Gasteiger charge is -2.06. The Morgan fingerprint density at radius 1 is 1.13 bits per heavy atom. The van der Waals surface area contributed by atoms with E-state index >= 15 is 0 Å². The molecule has 3 heterocycles. The summed E-state index contributed by atoms with van der Waals surface area (Å²) in [6.45, 7) is 0.733. The molecular weight excluding hydrogens is 314 g/mol. The molecule has 0 fully saturated rings. The first-order chi connectivity index (χ1) is 11.2. The maximum absolute atomic E-state index is 12.5. The monoisotopic (exact) mass is 329 g/mol. The zero-order chi connectivity index (χ0) is 16.0. The summed E-state index contributed by atoms with van der Waals surface area (Å²) < 4.78 is 12.3. The van der Waals surface area contributed by atoms with Gasteiger partial charge in [-0.1, -0.05) is 11.3 Å². The summed E-state index contributed by atoms with van der Waals surface area (Å²) in [5.41, 5.74) is 1.26. The number of aryl methyl sites for hydroxylation is 1. The van der Waals surface area contributed by atoms with Crippen LogP contribution in [0.3, 0.4) is 0 Å². The largest absolute Gasteiger partial charge is 0.497 e. The first-order valence-corrected chi connectivity index (χ1v) is 8.15. The molecule has 1 aromatic carbocycles. The molecule has 23 heavy (non-hydrogen) atoms. The fourth-order valence-corrected chi connectivity index (χ4v) is 3.76. The molecule has 0 amide bonds. The summed E-state index contributed by atoms with van der Waals surface area (Å²) in [5.74, 6) is 2.23. The molecule has 0 unspecified atom stereocenters. The van der Waals surface area contributed by atoms with Crippen molar-refractivity contribution in [2.24, 2.45) is 0 Å². The zero-order valence-corrected chi connectivity index (χ0v) is 13.6. The van der Waals surface area contributed by atoms with Gasteiger partial charge in [0.15, 0.2) is 10.3 Å². The Morgan fingerprint density at radius 3 is 2.57 bits per heavy atom. The number of aromatic nitrogens is 3. The van der Waals surface area contributed by atoms with Crippen molar-refractivity contribution in [3.8, 4) is 22.1 Å². The van der Waals surface area contributed by atoms with Crippen LogP contribution in [-0.4, -0.2) is 28.8 Å². The molecule has 0 bridgehead atoms. The van der Waals surface area contributed by atoms with Crippen LogP contribution in [0.2, 0.25) is 0 Å². The van der Waals surface area contributed by atoms with Crippen LogP contribution in [0.25, 0.3) is 20.9 Å². The summed E-state index contributed by atoms with van der Waals surface area (Å²) in [7, 11) is 3.21. The van der Waals surface area contributed by atoms with E-state index in [1.807, 2.05) is 12.1 Å². The van der Waals surface area contributed by atoms with Gasteiger partial charge in [0, 0.05) is 24.6 Å². The van der Waals surface area contributed by atoms with Crippen molar-refractivity contribution < 1.29 is 9.47 Å². The molecule has 1 aliphatic heterocycles. The van der Waals surface area contributed by atoms with Gasteiger partial charge in [0.2, 0.25) is 0 Å². The van der Waals surface area contributed by atoms with E-state index in [2.05, 4.69) is 9.97 Å². The predicted molar refractivity (Wildman–Crippen MR) is 88.5 cm³/mol. The number of hydrogen-bond acceptors (Lipinski definition) is 6. The molecular formula is C16H15N3O3S. The maximum atomic E-state index is 12.5. The van der Waals surface area contributed by atoms with Gasteiger partial charge in [0.25, 0.3) is 5.56 Å². The first kappa shape index (κ1) is 14.2. The van der Waals surface area contributed by atoms with Crippen molar-refractivity contribution >= 4 is 21.7 Å². The molecule has 118 valence electrons. The van der Waals surface area contributed by atoms with Crippen LogP contribution in [0.5, 0.6) is 11.5 Å². The number of thiazole rings is 1. The zero-order valence-electron chi connectivity index (χ0n) is 12.8. The standard InChI is InChI=1S/C16H15N3O3S/c1-21-10-6-9(7-11(8-10)22-2)14-18-13-15(23-14)17-12-4-3-5-19(12)16(13)20/h6-8H,3-5H2,1-2H3. The van der Waals surface area contributed by atoms with Crippen LogP contribution in [-0.2, 0) is 13.0 Å². The number of rotatable bonds is 3. The maximum Gasteiger partial charge on any atom is 0.280 e. The SMILES string of the molecule is COc1cc(OC)cc(-c2nc3c(=O)n4c(nc3s2)CCC4)c1. The molecule has 0 N–H and O–H groups in total. The van der Waals surface area contributed by atoms with Gasteiger partial charge in [-0.25, -0.2) is 9.97 Å². The second-order valence-electron chi connectivity index (χ2n) is 5.36. The van der Waals surface area contributed by atoms with E-state index in [0.717, 1.165) is 35.8 Å². The number of fused-ring (bicyclic) bond motifs is 2. The number of nitrogens with zero attached hydrogens (tertiary/aromatic N) is 3. The van der Waals surface area contributed by atoms with Gasteiger partial charge in [-0.15, -0.1) is 0 Å². The van der Waals surface area contributed by atoms with E-state index in [9.17, 15) is 4.79 Å². The van der Waals surface area contributed by atoms with Crippen molar-refractivity contribution in [2.75, 3.05) is 14.2 Å². The summed E-state index contributed by atoms with van der Waals surface area (Å²) in [6, 6.07) is 5.57. The van der Waals surface area contributed by atoms with Gasteiger partial charge in [-0.3, -0.25) is 9.36 Å². The highest BCUT2D eigenvalue weighted by Crippen LogP contribution is 2.33. The topological polar surface area (TPSA) is 66.2 Å². The minimum atomic E-state index is -0.0418. The molecule has 0 radical (unpaired) electrons. The molecule has 3 aromatic rings. The molecule has 7 heteroatoms. The van der Waals surface area contributed by atoms with Crippen molar-refractivity contribution in [3.05, 3.63) is 34.4 Å². The van der Waals surface area contributed by atoms with Gasteiger partial charge in [0.1, 0.15) is 22.3 Å². The van der Waals surface area contributed by atoms with Crippen LogP contribution in [0, 0.1) is 0 Å². The molecule has 4 rings (SSSR count). The normalized spacial score (nSPS) is 13.3. The van der Waals surface area contributed by atoms with Crippen LogP contribution < -0.4 is 15.0 Å². The highest BCUT2D eigenvalue weighted by molar-refractivity contribution is 7.21. The lowest BCUT2D eigenvalue weighted by atomic mass is 10.2. The lowest BCUT2D eigenvalue weighted by Crippen LogP contribution is -2.20. The molecule has 1 aliphatic rings. The van der Waals surface area contributed by atoms with Crippen molar-refractivity contribution in [1.82, 2.24) is 14.5 Å². The van der Waals surface area contributed by atoms with Crippen molar-refractivity contribution in [1.29, 1.82) is 0 Å². The first-order valence-electron chi connectivity index (χ1n) is 7.33. The highest BCUT2D eigenvalue weighted by Gasteiger charge is 2.19. The predicted octanol–water partition coefficient (Wildman–Crippen LogP) is 2.48. The third-order valence-electron chi connectivity index (χ3n) is 3.98. The van der Waals surface area contributed by atoms with Gasteiger partial charge in [0.05, 0.1) is 14.2 Å². The summed E-state index contributed by atoms with van der Waals surface area (Å²) >= 11 is 1.42. The molecule has 0 spiro atoms. The third-order valence-corrected chi connectivity index (χ3v) is 4.98. The van der Waals surface area contributed by atoms with E-state index < -0.39 is 0 Å². The Morgan fingerprint density at radius 2 is 1.87 bits per heavy atom. The van der Waals surface area contributed by atoms with E-state index in [1.165, 1.54) is 11.3 Å². The quantitative estimate of drug-likeness (QED) is 0.738. The van der Waals surface area contributed by atoms with Crippen molar-refractivity contribution in [2.45, 2.75) is 19.4 Å². The molecule has 0 saturated carbocycles. The van der Waals surface area contributed by atoms with Crippen LogP contribution in [0.4, 0.5) is 0 Å². The van der Waals surface area contributed by atoms with E-state index in [-0.39, 0.29) is 5.56 Å². The Hall–Kier alpha value is -2.41. The van der Waals surface area contributed by atoms with Gasteiger partial charge in [-0.05, 0) is 18.6 Å². The Balaban J connectivity index is 1.90. The number of hydrogen-bond donors (Lipinski definition) is 0. The van der Waals surface area contributed by atoms with Gasteiger partial charge in [-0.2, -0.15) is 0 Å². The number of benzene rings is 1. The average molecular weight is 329 g/mol. The smallest absolute Gasteiger partial charge is 0.280 e. The summed E-state index contributed by atoms with van der Waals surface area (Å²) in [4.78, 5) is 22.4. The fraction of sp³-hybridized carbons (Fsp3) is 0.312. The molecule has 2 aromatic heterocycles. The number of ether oxygens (including phenoxy) is 2. The molecule has 0 atom stereocenters. The summed E-state index contributed by atoms with van der Waals surface area (Å²) in [5, 5.41) is 0.742. The highest BCUT2D eigenvalue weighted by atomic mass is 32.1. The Bertz CT molecular complexity index is 939. The van der Waals surface area contributed by atoms with Crippen molar-refractivity contribution in [3.63, 3.8) is 0 Å². The minimum absolute atomic E-state index is 0.0418. The van der Waals surface area contributed by atoms with Gasteiger partial charge < -0.3 is 9.47 Å². The van der Waals surface area contributed by atoms with E-state index in [4.69, 9.17) is 9.47 Å². The second kappa shape index (κ2) is 5.34. The average Bonchev–Trinajstić information content (AvgIpc) is 3.21. The third kappa shape index (κ3) is 2.28. The molecule has 0 aliphatic carbocycles. The summed E-state index contributed by atoms with van der Waals surface area (Å²) in [6.07, 6.45) is 1.82. The fourth-order valence-electron chi connectivity index (χ4n) is 2.82. The van der Waals surface area contributed by atoms with E-state index in [1.54, 1.807) is 24.9 Å². The molecule has 0 saturated heterocycles. The van der Waals surface area contributed by atoms with Crippen LogP contribution in [0.15, 0.2) is 23.0 Å². The van der Waals surface area contributed by atoms with E-state index in [0.29, 0.717) is 21.8 Å². The second-order valence-corrected chi connectivity index (χ2v) is 6.34. The molecule has 6 nitrogen and oxygen atoms in total. The Kier molecular flexibility index (Phi) is 3.30. The number of methoxy groups -OCH3 is 2. The Labute approximate surface area is 136 Å².